The van der Waals surface area contributed by atoms with Crippen molar-refractivity contribution in [3.63, 3.8) is 0 Å². The van der Waals surface area contributed by atoms with Crippen molar-refractivity contribution in [3.05, 3.63) is 95.6 Å². The third-order valence-corrected chi connectivity index (χ3v) is 5.53. The molecule has 30 heavy (non-hydrogen) atoms. The Morgan fingerprint density at radius 1 is 1.03 bits per heavy atom. The van der Waals surface area contributed by atoms with E-state index in [4.69, 9.17) is 0 Å². The predicted octanol–water partition coefficient (Wildman–Crippen LogP) is 4.50. The van der Waals surface area contributed by atoms with Gasteiger partial charge in [-0.25, -0.2) is 18.1 Å². The van der Waals surface area contributed by atoms with Gasteiger partial charge >= 0.3 is 0 Å². The molecular weight excluding hydrogens is 384 g/mol. The molecule has 152 valence electrons. The first-order valence-electron chi connectivity index (χ1n) is 10.0. The second-order valence-electron chi connectivity index (χ2n) is 7.51. The number of nitrogens with one attached hydrogen (secondary N) is 1. The summed E-state index contributed by atoms with van der Waals surface area (Å²) in [6.07, 6.45) is 8.40. The number of fused-ring (bicyclic) bond motifs is 1. The molecule has 1 aliphatic carbocycles. The maximum absolute atomic E-state index is 14.2. The first-order valence-corrected chi connectivity index (χ1v) is 10.0. The van der Waals surface area contributed by atoms with Crippen LogP contribution in [0.4, 0.5) is 8.78 Å². The van der Waals surface area contributed by atoms with Crippen LogP contribution in [0.1, 0.15) is 35.7 Å². The SMILES string of the molecule is Fc1cccc(-n2cc(CN[C@H]3CCCc4c3cnn4-c3ccccc3F)cn2)c1. The van der Waals surface area contributed by atoms with Crippen LogP contribution in [-0.4, -0.2) is 19.6 Å². The van der Waals surface area contributed by atoms with Crippen LogP contribution in [0.5, 0.6) is 0 Å². The van der Waals surface area contributed by atoms with E-state index in [0.717, 1.165) is 36.1 Å². The Labute approximate surface area is 173 Å². The lowest BCUT2D eigenvalue weighted by Gasteiger charge is -2.24. The molecule has 0 aliphatic heterocycles. The van der Waals surface area contributed by atoms with E-state index in [1.54, 1.807) is 33.8 Å². The molecule has 0 bridgehead atoms. The van der Waals surface area contributed by atoms with Crippen LogP contribution in [0.15, 0.2) is 67.1 Å². The molecule has 7 heteroatoms. The van der Waals surface area contributed by atoms with Crippen molar-refractivity contribution in [2.75, 3.05) is 0 Å². The minimum absolute atomic E-state index is 0.145. The van der Waals surface area contributed by atoms with Gasteiger partial charge in [0.1, 0.15) is 17.3 Å². The number of aromatic nitrogens is 4. The summed E-state index contributed by atoms with van der Waals surface area (Å²) in [5.74, 6) is -0.562. The first-order chi connectivity index (χ1) is 14.7. The second kappa shape index (κ2) is 7.84. The Bertz CT molecular complexity index is 1180. The molecule has 1 atom stereocenters. The Morgan fingerprint density at radius 2 is 1.93 bits per heavy atom. The van der Waals surface area contributed by atoms with Crippen LogP contribution in [0, 0.1) is 11.6 Å². The van der Waals surface area contributed by atoms with Gasteiger partial charge in [0.2, 0.25) is 0 Å². The number of benzene rings is 2. The molecule has 0 radical (unpaired) electrons. The molecule has 0 amide bonds. The third kappa shape index (κ3) is 3.52. The topological polar surface area (TPSA) is 47.7 Å². The molecule has 2 heterocycles. The summed E-state index contributed by atoms with van der Waals surface area (Å²) in [7, 11) is 0. The van der Waals surface area contributed by atoms with Gasteiger partial charge in [-0.05, 0) is 49.6 Å². The Morgan fingerprint density at radius 3 is 2.80 bits per heavy atom. The van der Waals surface area contributed by atoms with Crippen LogP contribution < -0.4 is 5.32 Å². The van der Waals surface area contributed by atoms with Gasteiger partial charge in [0.15, 0.2) is 0 Å². The maximum Gasteiger partial charge on any atom is 0.148 e. The fraction of sp³-hybridized carbons (Fsp3) is 0.217. The highest BCUT2D eigenvalue weighted by molar-refractivity contribution is 5.38. The molecule has 2 aromatic carbocycles. The summed E-state index contributed by atoms with van der Waals surface area (Å²) >= 11 is 0. The van der Waals surface area contributed by atoms with Crippen molar-refractivity contribution in [1.82, 2.24) is 24.9 Å². The second-order valence-corrected chi connectivity index (χ2v) is 7.51. The molecule has 1 aliphatic rings. The quantitative estimate of drug-likeness (QED) is 0.532. The van der Waals surface area contributed by atoms with Crippen molar-refractivity contribution >= 4 is 0 Å². The molecule has 0 spiro atoms. The van der Waals surface area contributed by atoms with Crippen LogP contribution in [0.3, 0.4) is 0 Å². The zero-order chi connectivity index (χ0) is 20.5. The molecule has 0 unspecified atom stereocenters. The highest BCUT2D eigenvalue weighted by atomic mass is 19.1. The Kier molecular flexibility index (Phi) is 4.88. The summed E-state index contributed by atoms with van der Waals surface area (Å²) in [4.78, 5) is 0. The minimum Gasteiger partial charge on any atom is -0.306 e. The van der Waals surface area contributed by atoms with Gasteiger partial charge in [-0.1, -0.05) is 18.2 Å². The van der Waals surface area contributed by atoms with E-state index in [1.165, 1.54) is 18.2 Å². The molecular formula is C23H21F2N5. The van der Waals surface area contributed by atoms with E-state index in [1.807, 2.05) is 24.5 Å². The van der Waals surface area contributed by atoms with Gasteiger partial charge < -0.3 is 5.32 Å². The number of hydrogen-bond acceptors (Lipinski definition) is 3. The van der Waals surface area contributed by atoms with Crippen molar-refractivity contribution in [2.45, 2.75) is 31.8 Å². The predicted molar refractivity (Wildman–Crippen MR) is 110 cm³/mol. The van der Waals surface area contributed by atoms with Crippen LogP contribution in [0.25, 0.3) is 11.4 Å². The van der Waals surface area contributed by atoms with Crippen LogP contribution in [0.2, 0.25) is 0 Å². The first kappa shape index (κ1) is 18.7. The standard InChI is InChI=1S/C23H21F2N5/c24-17-5-3-6-18(11-17)29-15-16(13-27-29)12-26-21-8-4-10-22-19(21)14-28-30(22)23-9-2-1-7-20(23)25/h1-3,5-7,9,11,13-15,21,26H,4,8,10,12H2/t21-/m0/s1. The highest BCUT2D eigenvalue weighted by Gasteiger charge is 2.25. The lowest BCUT2D eigenvalue weighted by atomic mass is 9.92. The van der Waals surface area contributed by atoms with Gasteiger partial charge in [-0.15, -0.1) is 0 Å². The number of hydrogen-bond donors (Lipinski definition) is 1. The number of rotatable bonds is 5. The highest BCUT2D eigenvalue weighted by Crippen LogP contribution is 2.31. The fourth-order valence-electron chi connectivity index (χ4n) is 4.05. The lowest BCUT2D eigenvalue weighted by molar-refractivity contribution is 0.454. The average Bonchev–Trinajstić information content (AvgIpc) is 3.40. The lowest BCUT2D eigenvalue weighted by Crippen LogP contribution is -2.25. The van der Waals surface area contributed by atoms with Crippen LogP contribution in [-0.2, 0) is 13.0 Å². The van der Waals surface area contributed by atoms with Gasteiger partial charge in [0.25, 0.3) is 0 Å². The zero-order valence-corrected chi connectivity index (χ0v) is 16.3. The number of halogens is 2. The molecule has 5 nitrogen and oxygen atoms in total. The van der Waals surface area contributed by atoms with Gasteiger partial charge in [0.05, 0.1) is 18.1 Å². The fourth-order valence-corrected chi connectivity index (χ4v) is 4.05. The number of para-hydroxylation sites is 1. The van der Waals surface area contributed by atoms with Gasteiger partial charge in [0, 0.05) is 35.6 Å². The molecule has 0 saturated carbocycles. The minimum atomic E-state index is -0.288. The van der Waals surface area contributed by atoms with Crippen LogP contribution >= 0.6 is 0 Å². The van der Waals surface area contributed by atoms with Crippen molar-refractivity contribution < 1.29 is 8.78 Å². The smallest absolute Gasteiger partial charge is 0.148 e. The maximum atomic E-state index is 14.2. The average molecular weight is 405 g/mol. The zero-order valence-electron chi connectivity index (χ0n) is 16.3. The Balaban J connectivity index is 1.33. The summed E-state index contributed by atoms with van der Waals surface area (Å²) in [5, 5.41) is 12.4. The Hall–Kier alpha value is -3.32. The number of nitrogens with zero attached hydrogens (tertiary/aromatic N) is 4. The van der Waals surface area contributed by atoms with E-state index in [2.05, 4.69) is 15.5 Å². The monoisotopic (exact) mass is 405 g/mol. The summed E-state index contributed by atoms with van der Waals surface area (Å²) in [5.41, 5.74) is 4.34. The molecule has 0 saturated heterocycles. The molecule has 5 rings (SSSR count). The molecule has 1 N–H and O–H groups in total. The van der Waals surface area contributed by atoms with E-state index < -0.39 is 0 Å². The molecule has 4 aromatic rings. The van der Waals surface area contributed by atoms with E-state index in [9.17, 15) is 8.78 Å². The normalized spacial score (nSPS) is 15.9. The molecule has 0 fully saturated rings. The van der Waals surface area contributed by atoms with Gasteiger partial charge in [-0.3, -0.25) is 0 Å². The summed E-state index contributed by atoms with van der Waals surface area (Å²) in [6, 6.07) is 13.2. The third-order valence-electron chi connectivity index (χ3n) is 5.53. The van der Waals surface area contributed by atoms with Gasteiger partial charge in [-0.2, -0.15) is 10.2 Å². The van der Waals surface area contributed by atoms with E-state index in [0.29, 0.717) is 17.9 Å². The summed E-state index contributed by atoms with van der Waals surface area (Å²) in [6.45, 7) is 0.629. The summed E-state index contributed by atoms with van der Waals surface area (Å²) < 4.78 is 31.1. The largest absolute Gasteiger partial charge is 0.306 e. The molecule has 2 aromatic heterocycles. The van der Waals surface area contributed by atoms with E-state index >= 15 is 0 Å². The van der Waals surface area contributed by atoms with Crippen molar-refractivity contribution in [3.8, 4) is 11.4 Å². The van der Waals surface area contributed by atoms with E-state index in [-0.39, 0.29) is 17.7 Å². The van der Waals surface area contributed by atoms with Crippen molar-refractivity contribution in [2.24, 2.45) is 0 Å². The van der Waals surface area contributed by atoms with Crippen molar-refractivity contribution in [1.29, 1.82) is 0 Å².